The number of rotatable bonds is 0. The monoisotopic (exact) mass is 263 g/mol. The van der Waals surface area contributed by atoms with Crippen molar-refractivity contribution in [3.05, 3.63) is 15.8 Å². The molecule has 0 saturated heterocycles. The molecule has 10 heavy (non-hydrogen) atoms. The van der Waals surface area contributed by atoms with Gasteiger partial charge in [0.1, 0.15) is 5.52 Å². The first-order chi connectivity index (χ1) is 4.86. The molecular formula is C5H2IN3S. The largest absolute Gasteiger partial charge is 0.233 e. The Morgan fingerprint density at radius 2 is 2.30 bits per heavy atom. The highest BCUT2D eigenvalue weighted by atomic mass is 127. The third-order valence-corrected chi connectivity index (χ3v) is 2.20. The van der Waals surface area contributed by atoms with E-state index in [-0.39, 0.29) is 0 Å². The molecule has 0 N–H and O–H groups in total. The fourth-order valence-electron chi connectivity index (χ4n) is 0.662. The molecule has 3 nitrogen and oxygen atoms in total. The van der Waals surface area contributed by atoms with Crippen LogP contribution in [0.4, 0.5) is 0 Å². The van der Waals surface area contributed by atoms with Crippen LogP contribution < -0.4 is 0 Å². The van der Waals surface area contributed by atoms with Crippen molar-refractivity contribution in [1.82, 2.24) is 13.7 Å². The molecule has 0 saturated carbocycles. The summed E-state index contributed by atoms with van der Waals surface area (Å²) in [7, 11) is 0. The minimum atomic E-state index is 0.741. The van der Waals surface area contributed by atoms with Gasteiger partial charge < -0.3 is 0 Å². The normalized spacial score (nSPS) is 10.5. The van der Waals surface area contributed by atoms with E-state index in [0.29, 0.717) is 0 Å². The zero-order valence-corrected chi connectivity index (χ0v) is 7.76. The van der Waals surface area contributed by atoms with Crippen LogP contribution >= 0.6 is 34.3 Å². The lowest BCUT2D eigenvalue weighted by Gasteiger charge is -1.84. The van der Waals surface area contributed by atoms with E-state index >= 15 is 0 Å². The van der Waals surface area contributed by atoms with Crippen LogP contribution in [-0.4, -0.2) is 13.7 Å². The van der Waals surface area contributed by atoms with Gasteiger partial charge in [-0.3, -0.25) is 0 Å². The first-order valence-corrected chi connectivity index (χ1v) is 4.41. The van der Waals surface area contributed by atoms with Gasteiger partial charge in [0.2, 0.25) is 0 Å². The quantitative estimate of drug-likeness (QED) is 0.679. The van der Waals surface area contributed by atoms with E-state index in [1.807, 2.05) is 6.07 Å². The second-order valence-corrected chi connectivity index (χ2v) is 3.53. The minimum absolute atomic E-state index is 0.741. The van der Waals surface area contributed by atoms with Crippen LogP contribution in [0.25, 0.3) is 11.2 Å². The van der Waals surface area contributed by atoms with Crippen LogP contribution in [0.15, 0.2) is 12.3 Å². The molecule has 2 heterocycles. The molecule has 50 valence electrons. The van der Waals surface area contributed by atoms with Crippen LogP contribution in [0.3, 0.4) is 0 Å². The number of hydrogen-bond donors (Lipinski definition) is 0. The minimum Gasteiger partial charge on any atom is -0.233 e. The van der Waals surface area contributed by atoms with Gasteiger partial charge >= 0.3 is 0 Å². The smallest absolute Gasteiger partial charge is 0.193 e. The van der Waals surface area contributed by atoms with Crippen molar-refractivity contribution in [1.29, 1.82) is 0 Å². The summed E-state index contributed by atoms with van der Waals surface area (Å²) in [5, 5.41) is 0. The molecule has 0 aromatic carbocycles. The van der Waals surface area contributed by atoms with Gasteiger partial charge in [0.15, 0.2) is 5.65 Å². The van der Waals surface area contributed by atoms with E-state index in [1.165, 1.54) is 11.7 Å². The lowest BCUT2D eigenvalue weighted by atomic mass is 10.4. The molecule has 2 aromatic heterocycles. The molecule has 0 aliphatic rings. The van der Waals surface area contributed by atoms with Crippen LogP contribution in [0.1, 0.15) is 0 Å². The summed E-state index contributed by atoms with van der Waals surface area (Å²) in [6.07, 6.45) is 1.78. The van der Waals surface area contributed by atoms with Crippen molar-refractivity contribution in [2.24, 2.45) is 0 Å². The summed E-state index contributed by atoms with van der Waals surface area (Å²) in [5.74, 6) is 0. The van der Waals surface area contributed by atoms with E-state index in [2.05, 4.69) is 36.3 Å². The number of nitrogens with zero attached hydrogens (tertiary/aromatic N) is 3. The molecule has 0 bridgehead atoms. The first-order valence-electron chi connectivity index (χ1n) is 2.60. The van der Waals surface area contributed by atoms with Gasteiger partial charge in [-0.15, -0.1) is 0 Å². The number of fused-ring (bicyclic) bond motifs is 1. The van der Waals surface area contributed by atoms with Gasteiger partial charge in [-0.1, -0.05) is 0 Å². The lowest BCUT2D eigenvalue weighted by Crippen LogP contribution is -1.77. The molecule has 5 heteroatoms. The SMILES string of the molecule is Ic1cnc2nsnc2c1. The fourth-order valence-corrected chi connectivity index (χ4v) is 1.58. The molecule has 2 rings (SSSR count). The van der Waals surface area contributed by atoms with Crippen LogP contribution in [0, 0.1) is 3.57 Å². The third kappa shape index (κ3) is 0.988. The Hall–Kier alpha value is -0.300. The Labute approximate surface area is 75.0 Å². The summed E-state index contributed by atoms with van der Waals surface area (Å²) >= 11 is 3.40. The van der Waals surface area contributed by atoms with E-state index in [4.69, 9.17) is 0 Å². The van der Waals surface area contributed by atoms with Crippen molar-refractivity contribution in [2.75, 3.05) is 0 Å². The summed E-state index contributed by atoms with van der Waals surface area (Å²) in [5.41, 5.74) is 1.63. The van der Waals surface area contributed by atoms with Gasteiger partial charge in [0.25, 0.3) is 0 Å². The Morgan fingerprint density at radius 1 is 1.40 bits per heavy atom. The van der Waals surface area contributed by atoms with Crippen molar-refractivity contribution >= 4 is 45.5 Å². The van der Waals surface area contributed by atoms with Crippen molar-refractivity contribution in [3.63, 3.8) is 0 Å². The number of halogens is 1. The molecular weight excluding hydrogens is 261 g/mol. The fraction of sp³-hybridized carbons (Fsp3) is 0. The number of hydrogen-bond acceptors (Lipinski definition) is 4. The number of pyridine rings is 1. The van der Waals surface area contributed by atoms with Crippen molar-refractivity contribution < 1.29 is 0 Å². The van der Waals surface area contributed by atoms with Crippen molar-refractivity contribution in [2.45, 2.75) is 0 Å². The Balaban J connectivity index is 2.86. The Morgan fingerprint density at radius 3 is 3.20 bits per heavy atom. The van der Waals surface area contributed by atoms with E-state index in [0.717, 1.165) is 14.7 Å². The maximum atomic E-state index is 4.07. The average Bonchev–Trinajstić information content (AvgIpc) is 2.33. The van der Waals surface area contributed by atoms with Crippen LogP contribution in [0.5, 0.6) is 0 Å². The predicted octanol–water partition coefficient (Wildman–Crippen LogP) is 1.69. The van der Waals surface area contributed by atoms with Crippen LogP contribution in [-0.2, 0) is 0 Å². The zero-order chi connectivity index (χ0) is 6.97. The molecule has 2 aromatic rings. The summed E-state index contributed by atoms with van der Waals surface area (Å²) < 4.78 is 9.11. The molecule has 0 unspecified atom stereocenters. The van der Waals surface area contributed by atoms with Gasteiger partial charge in [-0.25, -0.2) is 4.98 Å². The van der Waals surface area contributed by atoms with Crippen LogP contribution in [0.2, 0.25) is 0 Å². The molecule has 0 fully saturated rings. The maximum absolute atomic E-state index is 4.07. The van der Waals surface area contributed by atoms with Gasteiger partial charge in [-0.05, 0) is 28.7 Å². The lowest BCUT2D eigenvalue weighted by molar-refractivity contribution is 1.34. The molecule has 0 radical (unpaired) electrons. The Bertz CT molecular complexity index is 358. The zero-order valence-electron chi connectivity index (χ0n) is 4.78. The van der Waals surface area contributed by atoms with Gasteiger partial charge in [0, 0.05) is 9.77 Å². The summed E-state index contributed by atoms with van der Waals surface area (Å²) in [6.45, 7) is 0. The second kappa shape index (κ2) is 2.39. The topological polar surface area (TPSA) is 38.7 Å². The van der Waals surface area contributed by atoms with Gasteiger partial charge in [-0.2, -0.15) is 8.75 Å². The standard InChI is InChI=1S/C5H2IN3S/c6-3-1-4-5(7-2-3)9-10-8-4/h1-2H. The highest BCUT2D eigenvalue weighted by molar-refractivity contribution is 14.1. The Kier molecular flexibility index (Phi) is 1.53. The average molecular weight is 263 g/mol. The summed E-state index contributed by atoms with van der Waals surface area (Å²) in [4.78, 5) is 4.07. The molecule has 0 atom stereocenters. The van der Waals surface area contributed by atoms with E-state index in [1.54, 1.807) is 6.20 Å². The third-order valence-electron chi connectivity index (χ3n) is 1.08. The first kappa shape index (κ1) is 6.41. The van der Waals surface area contributed by atoms with E-state index < -0.39 is 0 Å². The van der Waals surface area contributed by atoms with Crippen molar-refractivity contribution in [3.8, 4) is 0 Å². The predicted molar refractivity (Wildman–Crippen MR) is 47.9 cm³/mol. The highest BCUT2D eigenvalue weighted by Gasteiger charge is 1.97. The highest BCUT2D eigenvalue weighted by Crippen LogP contribution is 2.11. The van der Waals surface area contributed by atoms with E-state index in [9.17, 15) is 0 Å². The maximum Gasteiger partial charge on any atom is 0.193 e. The summed E-state index contributed by atoms with van der Waals surface area (Å²) in [6, 6.07) is 1.96. The molecule has 0 amide bonds. The molecule has 0 spiro atoms. The molecule has 0 aliphatic heterocycles. The second-order valence-electron chi connectivity index (χ2n) is 1.76. The number of aromatic nitrogens is 3. The molecule has 0 aliphatic carbocycles. The van der Waals surface area contributed by atoms with Gasteiger partial charge in [0.05, 0.1) is 11.7 Å².